The number of esters is 1. The predicted octanol–water partition coefficient (Wildman–Crippen LogP) is 3.59. The third-order valence-electron chi connectivity index (χ3n) is 4.18. The quantitative estimate of drug-likeness (QED) is 0.776. The van der Waals surface area contributed by atoms with Crippen LogP contribution in [-0.2, 0) is 16.1 Å². The smallest absolute Gasteiger partial charge is 0.310 e. The number of likely N-dealkylation sites (tertiary alicyclic amines) is 1. The van der Waals surface area contributed by atoms with Crippen LogP contribution in [0.2, 0.25) is 0 Å². The third kappa shape index (κ3) is 4.57. The molecule has 1 heterocycles. The van der Waals surface area contributed by atoms with E-state index in [0.717, 1.165) is 32.5 Å². The molecule has 2 rings (SSSR count). The first-order valence-corrected chi connectivity index (χ1v) is 8.08. The van der Waals surface area contributed by atoms with Crippen molar-refractivity contribution < 1.29 is 9.53 Å². The second kappa shape index (κ2) is 7.60. The van der Waals surface area contributed by atoms with Crippen molar-refractivity contribution in [1.82, 2.24) is 4.90 Å². The van der Waals surface area contributed by atoms with Crippen LogP contribution in [0.15, 0.2) is 24.3 Å². The van der Waals surface area contributed by atoms with Gasteiger partial charge in [0.1, 0.15) is 0 Å². The van der Waals surface area contributed by atoms with Crippen LogP contribution < -0.4 is 0 Å². The first-order chi connectivity index (χ1) is 10.1. The van der Waals surface area contributed by atoms with Crippen LogP contribution in [0.3, 0.4) is 0 Å². The van der Waals surface area contributed by atoms with Crippen molar-refractivity contribution in [1.29, 1.82) is 0 Å². The highest BCUT2D eigenvalue weighted by Crippen LogP contribution is 2.21. The van der Waals surface area contributed by atoms with Crippen molar-refractivity contribution >= 4 is 5.97 Å². The molecule has 1 aromatic rings. The summed E-state index contributed by atoms with van der Waals surface area (Å²) < 4.78 is 5.16. The van der Waals surface area contributed by atoms with Crippen molar-refractivity contribution in [3.63, 3.8) is 0 Å². The van der Waals surface area contributed by atoms with Crippen molar-refractivity contribution in [3.8, 4) is 0 Å². The number of benzene rings is 1. The molecule has 0 aliphatic carbocycles. The molecule has 0 saturated carbocycles. The first-order valence-electron chi connectivity index (χ1n) is 8.08. The van der Waals surface area contributed by atoms with Gasteiger partial charge in [-0.2, -0.15) is 0 Å². The van der Waals surface area contributed by atoms with E-state index in [4.69, 9.17) is 4.74 Å². The maximum atomic E-state index is 11.9. The Morgan fingerprint density at radius 1 is 1.33 bits per heavy atom. The molecule has 116 valence electrons. The van der Waals surface area contributed by atoms with Crippen LogP contribution in [0.4, 0.5) is 0 Å². The Hall–Kier alpha value is -1.35. The van der Waals surface area contributed by atoms with Crippen LogP contribution in [0.5, 0.6) is 0 Å². The van der Waals surface area contributed by atoms with Crippen LogP contribution in [-0.4, -0.2) is 30.6 Å². The average Bonchev–Trinajstić information content (AvgIpc) is 2.48. The third-order valence-corrected chi connectivity index (χ3v) is 4.18. The molecule has 1 atom stereocenters. The zero-order valence-corrected chi connectivity index (χ0v) is 13.5. The van der Waals surface area contributed by atoms with E-state index < -0.39 is 0 Å². The fourth-order valence-corrected chi connectivity index (χ4v) is 2.92. The van der Waals surface area contributed by atoms with E-state index >= 15 is 0 Å². The van der Waals surface area contributed by atoms with Gasteiger partial charge in [-0.05, 0) is 43.4 Å². The summed E-state index contributed by atoms with van der Waals surface area (Å²) in [7, 11) is 0. The van der Waals surface area contributed by atoms with Gasteiger partial charge in [0.05, 0.1) is 12.5 Å². The zero-order chi connectivity index (χ0) is 15.2. The van der Waals surface area contributed by atoms with Crippen LogP contribution in [0.1, 0.15) is 50.7 Å². The predicted molar refractivity (Wildman–Crippen MR) is 85.2 cm³/mol. The zero-order valence-electron chi connectivity index (χ0n) is 13.5. The van der Waals surface area contributed by atoms with E-state index in [0.29, 0.717) is 12.5 Å². The van der Waals surface area contributed by atoms with Crippen LogP contribution in [0, 0.1) is 5.92 Å². The summed E-state index contributed by atoms with van der Waals surface area (Å²) in [6.07, 6.45) is 2.04. The largest absolute Gasteiger partial charge is 0.466 e. The second-order valence-corrected chi connectivity index (χ2v) is 6.22. The highest BCUT2D eigenvalue weighted by molar-refractivity contribution is 5.72. The van der Waals surface area contributed by atoms with Gasteiger partial charge in [0, 0.05) is 13.1 Å². The average molecular weight is 289 g/mol. The Kier molecular flexibility index (Phi) is 5.80. The molecule has 0 unspecified atom stereocenters. The summed E-state index contributed by atoms with van der Waals surface area (Å²) in [4.78, 5) is 14.2. The molecule has 21 heavy (non-hydrogen) atoms. The Morgan fingerprint density at radius 3 is 2.67 bits per heavy atom. The maximum absolute atomic E-state index is 11.9. The van der Waals surface area contributed by atoms with E-state index in [2.05, 4.69) is 43.0 Å². The number of rotatable bonds is 5. The molecule has 0 aromatic heterocycles. The fourth-order valence-electron chi connectivity index (χ4n) is 2.92. The number of piperidine rings is 1. The topological polar surface area (TPSA) is 29.5 Å². The normalized spacial score (nSPS) is 19.7. The lowest BCUT2D eigenvalue weighted by atomic mass is 9.97. The van der Waals surface area contributed by atoms with Gasteiger partial charge in [0.2, 0.25) is 0 Å². The van der Waals surface area contributed by atoms with Crippen molar-refractivity contribution in [3.05, 3.63) is 35.4 Å². The Balaban J connectivity index is 1.91. The molecule has 0 bridgehead atoms. The molecular weight excluding hydrogens is 262 g/mol. The number of carbonyl (C=O) groups is 1. The highest BCUT2D eigenvalue weighted by atomic mass is 16.5. The lowest BCUT2D eigenvalue weighted by Gasteiger charge is -2.31. The maximum Gasteiger partial charge on any atom is 0.310 e. The van der Waals surface area contributed by atoms with Gasteiger partial charge >= 0.3 is 5.97 Å². The van der Waals surface area contributed by atoms with Gasteiger partial charge < -0.3 is 4.74 Å². The summed E-state index contributed by atoms with van der Waals surface area (Å²) in [6.45, 7) is 9.59. The highest BCUT2D eigenvalue weighted by Gasteiger charge is 2.26. The first kappa shape index (κ1) is 16.0. The minimum atomic E-state index is -0.0302. The van der Waals surface area contributed by atoms with Gasteiger partial charge in [-0.15, -0.1) is 0 Å². The molecule has 0 spiro atoms. The van der Waals surface area contributed by atoms with Gasteiger partial charge in [0.15, 0.2) is 0 Å². The van der Waals surface area contributed by atoms with Crippen molar-refractivity contribution in [2.24, 2.45) is 5.92 Å². The minimum absolute atomic E-state index is 0.0302. The molecular formula is C18H27NO2. The Labute approximate surface area is 128 Å². The van der Waals surface area contributed by atoms with E-state index in [1.807, 2.05) is 6.92 Å². The van der Waals surface area contributed by atoms with Gasteiger partial charge in [-0.3, -0.25) is 9.69 Å². The molecule has 1 saturated heterocycles. The Bertz CT molecular complexity index is 453. The minimum Gasteiger partial charge on any atom is -0.466 e. The molecule has 0 radical (unpaired) electrons. The lowest BCUT2D eigenvalue weighted by Crippen LogP contribution is -2.38. The number of nitrogens with zero attached hydrogens (tertiary/aromatic N) is 1. The van der Waals surface area contributed by atoms with E-state index in [1.54, 1.807) is 0 Å². The monoisotopic (exact) mass is 289 g/mol. The number of hydrogen-bond acceptors (Lipinski definition) is 3. The van der Waals surface area contributed by atoms with Crippen LogP contribution >= 0.6 is 0 Å². The standard InChI is InChI=1S/C18H27NO2/c1-4-21-18(20)17-6-5-11-19(13-17)12-15-7-9-16(10-8-15)14(2)3/h7-10,14,17H,4-6,11-13H2,1-3H3/t17-/m0/s1. The number of hydrogen-bond donors (Lipinski definition) is 0. The fraction of sp³-hybridized carbons (Fsp3) is 0.611. The van der Waals surface area contributed by atoms with Crippen LogP contribution in [0.25, 0.3) is 0 Å². The molecule has 3 heteroatoms. The number of ether oxygens (including phenoxy) is 1. The molecule has 1 aliphatic rings. The molecule has 0 N–H and O–H groups in total. The van der Waals surface area contributed by atoms with E-state index in [9.17, 15) is 4.79 Å². The summed E-state index contributed by atoms with van der Waals surface area (Å²) >= 11 is 0. The van der Waals surface area contributed by atoms with E-state index in [1.165, 1.54) is 11.1 Å². The summed E-state index contributed by atoms with van der Waals surface area (Å²) in [5.74, 6) is 0.591. The summed E-state index contributed by atoms with van der Waals surface area (Å²) in [6, 6.07) is 8.85. The molecule has 3 nitrogen and oxygen atoms in total. The van der Waals surface area contributed by atoms with Gasteiger partial charge in [0.25, 0.3) is 0 Å². The lowest BCUT2D eigenvalue weighted by molar-refractivity contribution is -0.150. The molecule has 1 fully saturated rings. The Morgan fingerprint density at radius 2 is 2.05 bits per heavy atom. The number of carbonyl (C=O) groups excluding carboxylic acids is 1. The SMILES string of the molecule is CCOC(=O)[C@H]1CCCN(Cc2ccc(C(C)C)cc2)C1. The summed E-state index contributed by atoms with van der Waals surface area (Å²) in [5, 5.41) is 0. The van der Waals surface area contributed by atoms with Gasteiger partial charge in [-0.1, -0.05) is 38.1 Å². The van der Waals surface area contributed by atoms with Crippen molar-refractivity contribution in [2.45, 2.75) is 46.1 Å². The second-order valence-electron chi connectivity index (χ2n) is 6.22. The molecule has 1 aliphatic heterocycles. The van der Waals surface area contributed by atoms with Crippen molar-refractivity contribution in [2.75, 3.05) is 19.7 Å². The molecule has 0 amide bonds. The molecule has 1 aromatic carbocycles. The summed E-state index contributed by atoms with van der Waals surface area (Å²) in [5.41, 5.74) is 2.70. The van der Waals surface area contributed by atoms with E-state index in [-0.39, 0.29) is 11.9 Å². The van der Waals surface area contributed by atoms with Gasteiger partial charge in [-0.25, -0.2) is 0 Å².